The third-order valence-corrected chi connectivity index (χ3v) is 5.65. The maximum absolute atomic E-state index is 12.9. The van der Waals surface area contributed by atoms with Crippen LogP contribution in [0.4, 0.5) is 15.8 Å². The van der Waals surface area contributed by atoms with Gasteiger partial charge in [-0.3, -0.25) is 9.52 Å². The first-order valence-corrected chi connectivity index (χ1v) is 10.7. The lowest BCUT2D eigenvalue weighted by Crippen LogP contribution is -2.20. The molecule has 6 nitrogen and oxygen atoms in total. The average Bonchev–Trinajstić information content (AvgIpc) is 2.70. The summed E-state index contributed by atoms with van der Waals surface area (Å²) in [6, 6.07) is 17.7. The minimum atomic E-state index is -3.83. The standard InChI is InChI=1S/C20H16BrFN2O4S/c21-14-1-9-18(10-2-14)28-13-20(25)23-16-7-11-19(12-8-16)29(26,27)24-17-5-3-15(22)4-6-17/h1-12,24H,13H2,(H,23,25). The van der Waals surface area contributed by atoms with Gasteiger partial charge in [-0.25, -0.2) is 12.8 Å². The van der Waals surface area contributed by atoms with Gasteiger partial charge in [0, 0.05) is 15.8 Å². The summed E-state index contributed by atoms with van der Waals surface area (Å²) in [5.74, 6) is -0.290. The summed E-state index contributed by atoms with van der Waals surface area (Å²) in [6.45, 7) is -0.187. The van der Waals surface area contributed by atoms with E-state index in [1.54, 1.807) is 24.3 Å². The van der Waals surface area contributed by atoms with Crippen LogP contribution in [0, 0.1) is 5.82 Å². The van der Waals surface area contributed by atoms with E-state index in [1.165, 1.54) is 36.4 Å². The fourth-order valence-corrected chi connectivity index (χ4v) is 3.65. The van der Waals surface area contributed by atoms with Crippen molar-refractivity contribution in [2.24, 2.45) is 0 Å². The monoisotopic (exact) mass is 478 g/mol. The van der Waals surface area contributed by atoms with Crippen LogP contribution in [0.3, 0.4) is 0 Å². The minimum Gasteiger partial charge on any atom is -0.484 e. The molecule has 0 aliphatic heterocycles. The van der Waals surface area contributed by atoms with Gasteiger partial charge >= 0.3 is 0 Å². The Morgan fingerprint density at radius 3 is 2.10 bits per heavy atom. The van der Waals surface area contributed by atoms with Crippen LogP contribution in [0.15, 0.2) is 82.2 Å². The molecule has 150 valence electrons. The van der Waals surface area contributed by atoms with Crippen molar-refractivity contribution in [2.45, 2.75) is 4.90 Å². The van der Waals surface area contributed by atoms with Crippen LogP contribution >= 0.6 is 15.9 Å². The number of carbonyl (C=O) groups excluding carboxylic acids is 1. The molecule has 2 N–H and O–H groups in total. The zero-order valence-electron chi connectivity index (χ0n) is 14.9. The fourth-order valence-electron chi connectivity index (χ4n) is 2.33. The lowest BCUT2D eigenvalue weighted by atomic mass is 10.3. The highest BCUT2D eigenvalue weighted by Gasteiger charge is 2.14. The number of amides is 1. The first-order valence-electron chi connectivity index (χ1n) is 8.38. The maximum Gasteiger partial charge on any atom is 0.262 e. The van der Waals surface area contributed by atoms with Gasteiger partial charge in [-0.2, -0.15) is 0 Å². The molecule has 0 radical (unpaired) electrons. The van der Waals surface area contributed by atoms with E-state index in [1.807, 2.05) is 0 Å². The van der Waals surface area contributed by atoms with Crippen molar-refractivity contribution < 1.29 is 22.3 Å². The Bertz CT molecular complexity index is 1090. The molecule has 0 saturated carbocycles. The Balaban J connectivity index is 1.58. The zero-order valence-corrected chi connectivity index (χ0v) is 17.3. The van der Waals surface area contributed by atoms with Gasteiger partial charge in [-0.1, -0.05) is 15.9 Å². The number of anilines is 2. The van der Waals surface area contributed by atoms with E-state index in [2.05, 4.69) is 26.0 Å². The van der Waals surface area contributed by atoms with Crippen LogP contribution in [0.2, 0.25) is 0 Å². The molecule has 29 heavy (non-hydrogen) atoms. The molecule has 9 heteroatoms. The number of benzene rings is 3. The predicted octanol–water partition coefficient (Wildman–Crippen LogP) is 4.41. The number of rotatable bonds is 7. The molecule has 3 aromatic rings. The molecule has 0 aliphatic carbocycles. The highest BCUT2D eigenvalue weighted by Crippen LogP contribution is 2.19. The third kappa shape index (κ3) is 6.03. The van der Waals surface area contributed by atoms with Crippen LogP contribution < -0.4 is 14.8 Å². The van der Waals surface area contributed by atoms with Gasteiger partial charge in [0.25, 0.3) is 15.9 Å². The Kier molecular flexibility index (Phi) is 6.50. The highest BCUT2D eigenvalue weighted by molar-refractivity contribution is 9.10. The van der Waals surface area contributed by atoms with Gasteiger partial charge in [0.05, 0.1) is 4.90 Å². The van der Waals surface area contributed by atoms with Gasteiger partial charge in [-0.15, -0.1) is 0 Å². The molecule has 0 aliphatic rings. The Hall–Kier alpha value is -2.91. The second kappa shape index (κ2) is 9.06. The van der Waals surface area contributed by atoms with Gasteiger partial charge in [0.1, 0.15) is 11.6 Å². The van der Waals surface area contributed by atoms with Crippen molar-refractivity contribution in [3.8, 4) is 5.75 Å². The minimum absolute atomic E-state index is 0.00550. The molecular weight excluding hydrogens is 463 g/mol. The van der Waals surface area contributed by atoms with Crippen LogP contribution in [0.5, 0.6) is 5.75 Å². The molecule has 0 bridgehead atoms. The molecule has 0 aromatic heterocycles. The third-order valence-electron chi connectivity index (χ3n) is 3.73. The molecule has 3 aromatic carbocycles. The first-order chi connectivity index (χ1) is 13.8. The van der Waals surface area contributed by atoms with E-state index in [9.17, 15) is 17.6 Å². The smallest absolute Gasteiger partial charge is 0.262 e. The van der Waals surface area contributed by atoms with Crippen molar-refractivity contribution in [1.82, 2.24) is 0 Å². The van der Waals surface area contributed by atoms with E-state index in [0.29, 0.717) is 11.4 Å². The molecule has 0 heterocycles. The van der Waals surface area contributed by atoms with E-state index in [0.717, 1.165) is 16.6 Å². The van der Waals surface area contributed by atoms with Crippen LogP contribution in [-0.4, -0.2) is 20.9 Å². The van der Waals surface area contributed by atoms with Gasteiger partial charge in [0.2, 0.25) is 0 Å². The summed E-state index contributed by atoms with van der Waals surface area (Å²) in [5.41, 5.74) is 0.670. The molecule has 3 rings (SSSR count). The lowest BCUT2D eigenvalue weighted by molar-refractivity contribution is -0.118. The second-order valence-electron chi connectivity index (χ2n) is 5.93. The number of sulfonamides is 1. The number of hydrogen-bond acceptors (Lipinski definition) is 4. The number of nitrogens with one attached hydrogen (secondary N) is 2. The van der Waals surface area contributed by atoms with E-state index in [-0.39, 0.29) is 23.1 Å². The Labute approximate surface area is 175 Å². The van der Waals surface area contributed by atoms with Crippen molar-refractivity contribution in [3.63, 3.8) is 0 Å². The average molecular weight is 479 g/mol. The number of ether oxygens (including phenoxy) is 1. The van der Waals surface area contributed by atoms with Crippen LogP contribution in [-0.2, 0) is 14.8 Å². The molecule has 0 unspecified atom stereocenters. The second-order valence-corrected chi connectivity index (χ2v) is 8.53. The Morgan fingerprint density at radius 2 is 1.48 bits per heavy atom. The zero-order chi connectivity index (χ0) is 20.9. The first kappa shape index (κ1) is 20.8. The number of hydrogen-bond donors (Lipinski definition) is 2. The summed E-state index contributed by atoms with van der Waals surface area (Å²) in [7, 11) is -3.83. The van der Waals surface area contributed by atoms with E-state index >= 15 is 0 Å². The van der Waals surface area contributed by atoms with Crippen molar-refractivity contribution >= 4 is 43.2 Å². The van der Waals surface area contributed by atoms with Crippen molar-refractivity contribution in [3.05, 3.63) is 83.1 Å². The van der Waals surface area contributed by atoms with Crippen molar-refractivity contribution in [1.29, 1.82) is 0 Å². The molecule has 0 atom stereocenters. The highest BCUT2D eigenvalue weighted by atomic mass is 79.9. The van der Waals surface area contributed by atoms with Crippen molar-refractivity contribution in [2.75, 3.05) is 16.6 Å². The summed E-state index contributed by atoms with van der Waals surface area (Å²) in [6.07, 6.45) is 0. The number of halogens is 2. The quantitative estimate of drug-likeness (QED) is 0.526. The Morgan fingerprint density at radius 1 is 0.897 bits per heavy atom. The molecule has 0 fully saturated rings. The van der Waals surface area contributed by atoms with Crippen LogP contribution in [0.1, 0.15) is 0 Å². The largest absolute Gasteiger partial charge is 0.484 e. The summed E-state index contributed by atoms with van der Waals surface area (Å²) >= 11 is 3.31. The molecule has 0 saturated heterocycles. The maximum atomic E-state index is 12.9. The lowest BCUT2D eigenvalue weighted by Gasteiger charge is -2.10. The normalized spacial score (nSPS) is 11.0. The molecule has 0 spiro atoms. The topological polar surface area (TPSA) is 84.5 Å². The van der Waals surface area contributed by atoms with Gasteiger partial charge < -0.3 is 10.1 Å². The van der Waals surface area contributed by atoms with E-state index in [4.69, 9.17) is 4.74 Å². The summed E-state index contributed by atoms with van der Waals surface area (Å²) in [5, 5.41) is 2.63. The fraction of sp³-hybridized carbons (Fsp3) is 0.0500. The molecular formula is C20H16BrFN2O4S. The van der Waals surface area contributed by atoms with E-state index < -0.39 is 15.8 Å². The van der Waals surface area contributed by atoms with Gasteiger partial charge in [-0.05, 0) is 72.8 Å². The SMILES string of the molecule is O=C(COc1ccc(Br)cc1)Nc1ccc(S(=O)(=O)Nc2ccc(F)cc2)cc1. The van der Waals surface area contributed by atoms with Gasteiger partial charge in [0.15, 0.2) is 6.61 Å². The van der Waals surface area contributed by atoms with Crippen LogP contribution in [0.25, 0.3) is 0 Å². The predicted molar refractivity (Wildman–Crippen MR) is 112 cm³/mol. The summed E-state index contributed by atoms with van der Waals surface area (Å²) in [4.78, 5) is 12.0. The molecule has 1 amide bonds. The summed E-state index contributed by atoms with van der Waals surface area (Å²) < 4.78 is 46.4. The number of carbonyl (C=O) groups is 1.